The molecule has 0 bridgehead atoms. The summed E-state index contributed by atoms with van der Waals surface area (Å²) in [5.74, 6) is 0.652. The van der Waals surface area contributed by atoms with Crippen molar-refractivity contribution in [3.8, 4) is 5.75 Å². The van der Waals surface area contributed by atoms with Crippen molar-refractivity contribution in [1.82, 2.24) is 16.0 Å². The Morgan fingerprint density at radius 3 is 2.91 bits per heavy atom. The first-order valence-corrected chi connectivity index (χ1v) is 7.70. The van der Waals surface area contributed by atoms with Crippen LogP contribution in [0.1, 0.15) is 18.4 Å². The molecule has 3 rings (SSSR count). The van der Waals surface area contributed by atoms with Crippen molar-refractivity contribution in [2.45, 2.75) is 25.3 Å². The third kappa shape index (κ3) is 3.80. The molecule has 0 spiro atoms. The van der Waals surface area contributed by atoms with Crippen LogP contribution in [-0.2, 0) is 16.0 Å². The average molecular weight is 317 g/mol. The number of rotatable bonds is 5. The molecule has 2 heterocycles. The van der Waals surface area contributed by atoms with Gasteiger partial charge in [-0.3, -0.25) is 14.9 Å². The number of benzene rings is 1. The van der Waals surface area contributed by atoms with E-state index in [0.717, 1.165) is 17.7 Å². The van der Waals surface area contributed by atoms with E-state index in [1.54, 1.807) is 0 Å². The quantitative estimate of drug-likeness (QED) is 0.682. The Bertz CT molecular complexity index is 632. The number of carbonyl (C=O) groups excluding carboxylic acids is 3. The lowest BCUT2D eigenvalue weighted by molar-refractivity contribution is -0.122. The van der Waals surface area contributed by atoms with Gasteiger partial charge in [0.1, 0.15) is 11.8 Å². The summed E-state index contributed by atoms with van der Waals surface area (Å²) >= 11 is 0. The fourth-order valence-electron chi connectivity index (χ4n) is 2.81. The molecule has 0 unspecified atom stereocenters. The van der Waals surface area contributed by atoms with Gasteiger partial charge in [-0.1, -0.05) is 18.2 Å². The van der Waals surface area contributed by atoms with Crippen molar-refractivity contribution in [1.29, 1.82) is 0 Å². The molecule has 2 aliphatic heterocycles. The number of para-hydroxylation sites is 1. The Hall–Kier alpha value is -2.57. The summed E-state index contributed by atoms with van der Waals surface area (Å²) in [6.45, 7) is 1.12. The molecule has 3 N–H and O–H groups in total. The molecule has 0 aromatic heterocycles. The molecule has 1 fully saturated rings. The summed E-state index contributed by atoms with van der Waals surface area (Å²) < 4.78 is 5.68. The van der Waals surface area contributed by atoms with Crippen molar-refractivity contribution >= 4 is 17.8 Å². The monoisotopic (exact) mass is 317 g/mol. The van der Waals surface area contributed by atoms with E-state index in [2.05, 4.69) is 16.0 Å². The van der Waals surface area contributed by atoms with Gasteiger partial charge in [0.05, 0.1) is 6.61 Å². The van der Waals surface area contributed by atoms with Gasteiger partial charge in [-0.25, -0.2) is 4.79 Å². The third-order valence-electron chi connectivity index (χ3n) is 4.06. The maximum atomic E-state index is 11.9. The summed E-state index contributed by atoms with van der Waals surface area (Å²) in [4.78, 5) is 34.2. The zero-order valence-electron chi connectivity index (χ0n) is 12.6. The average Bonchev–Trinajstić information content (AvgIpc) is 2.88. The van der Waals surface area contributed by atoms with Crippen molar-refractivity contribution < 1.29 is 19.1 Å². The zero-order chi connectivity index (χ0) is 16.2. The van der Waals surface area contributed by atoms with Gasteiger partial charge >= 0.3 is 6.03 Å². The van der Waals surface area contributed by atoms with Crippen LogP contribution in [0.5, 0.6) is 5.75 Å². The Balaban J connectivity index is 1.40. The van der Waals surface area contributed by atoms with Crippen LogP contribution in [-0.4, -0.2) is 37.0 Å². The minimum Gasteiger partial charge on any atom is -0.493 e. The minimum absolute atomic E-state index is 0.127. The smallest absolute Gasteiger partial charge is 0.322 e. The van der Waals surface area contributed by atoms with Gasteiger partial charge in [-0.2, -0.15) is 0 Å². The summed E-state index contributed by atoms with van der Waals surface area (Å²) in [5.41, 5.74) is 1.16. The number of urea groups is 1. The predicted octanol–water partition coefficient (Wildman–Crippen LogP) is 0.342. The third-order valence-corrected chi connectivity index (χ3v) is 4.06. The Morgan fingerprint density at radius 2 is 2.13 bits per heavy atom. The SMILES string of the molecule is O=C(CC[C@H]1NC(=O)NC1=O)NC[C@H]1COc2ccccc2C1. The number of hydrogen-bond donors (Lipinski definition) is 3. The highest BCUT2D eigenvalue weighted by Crippen LogP contribution is 2.26. The molecule has 1 aromatic carbocycles. The molecule has 122 valence electrons. The lowest BCUT2D eigenvalue weighted by atomic mass is 9.96. The lowest BCUT2D eigenvalue weighted by Gasteiger charge is -2.25. The van der Waals surface area contributed by atoms with Crippen LogP contribution in [0, 0.1) is 5.92 Å². The van der Waals surface area contributed by atoms with Crippen molar-refractivity contribution in [3.63, 3.8) is 0 Å². The minimum atomic E-state index is -0.613. The molecule has 7 heteroatoms. The molecule has 0 radical (unpaired) electrons. The van der Waals surface area contributed by atoms with Crippen LogP contribution in [0.4, 0.5) is 4.79 Å². The predicted molar refractivity (Wildman–Crippen MR) is 81.8 cm³/mol. The number of ether oxygens (including phenoxy) is 1. The highest BCUT2D eigenvalue weighted by Gasteiger charge is 2.29. The normalized spacial score (nSPS) is 22.6. The van der Waals surface area contributed by atoms with E-state index in [1.165, 1.54) is 0 Å². The number of carbonyl (C=O) groups is 3. The number of imide groups is 1. The van der Waals surface area contributed by atoms with Crippen LogP contribution < -0.4 is 20.7 Å². The summed E-state index contributed by atoms with van der Waals surface area (Å²) in [5, 5.41) is 7.49. The second kappa shape index (κ2) is 6.68. The summed E-state index contributed by atoms with van der Waals surface area (Å²) in [6, 6.07) is 6.79. The van der Waals surface area contributed by atoms with Crippen LogP contribution in [0.15, 0.2) is 24.3 Å². The van der Waals surface area contributed by atoms with Crippen molar-refractivity contribution in [3.05, 3.63) is 29.8 Å². The van der Waals surface area contributed by atoms with Gasteiger partial charge < -0.3 is 15.4 Å². The standard InChI is InChI=1S/C16H19N3O4/c20-14(6-5-12-15(21)19-16(22)18-12)17-8-10-7-11-3-1-2-4-13(11)23-9-10/h1-4,10,12H,5-9H2,(H,17,20)(H2,18,19,21,22)/t10-,12+/m0/s1. The molecular formula is C16H19N3O4. The summed E-state index contributed by atoms with van der Waals surface area (Å²) in [7, 11) is 0. The topological polar surface area (TPSA) is 96.5 Å². The van der Waals surface area contributed by atoms with E-state index in [9.17, 15) is 14.4 Å². The van der Waals surface area contributed by atoms with Gasteiger partial charge in [0, 0.05) is 18.9 Å². The molecular weight excluding hydrogens is 298 g/mol. The molecule has 2 atom stereocenters. The largest absolute Gasteiger partial charge is 0.493 e. The van der Waals surface area contributed by atoms with Crippen LogP contribution in [0.2, 0.25) is 0 Å². The van der Waals surface area contributed by atoms with Gasteiger partial charge in [-0.15, -0.1) is 0 Å². The summed E-state index contributed by atoms with van der Waals surface area (Å²) in [6.07, 6.45) is 1.37. The van der Waals surface area contributed by atoms with E-state index >= 15 is 0 Å². The van der Waals surface area contributed by atoms with Crippen LogP contribution in [0.3, 0.4) is 0 Å². The van der Waals surface area contributed by atoms with Crippen molar-refractivity contribution in [2.75, 3.05) is 13.2 Å². The second-order valence-corrected chi connectivity index (χ2v) is 5.85. The van der Waals surface area contributed by atoms with Gasteiger partial charge in [-0.05, 0) is 24.5 Å². The highest BCUT2D eigenvalue weighted by atomic mass is 16.5. The van der Waals surface area contributed by atoms with E-state index in [-0.39, 0.29) is 24.2 Å². The number of amides is 4. The fourth-order valence-corrected chi connectivity index (χ4v) is 2.81. The van der Waals surface area contributed by atoms with E-state index in [4.69, 9.17) is 4.74 Å². The van der Waals surface area contributed by atoms with E-state index < -0.39 is 12.1 Å². The zero-order valence-corrected chi connectivity index (χ0v) is 12.6. The van der Waals surface area contributed by atoms with Crippen molar-refractivity contribution in [2.24, 2.45) is 5.92 Å². The van der Waals surface area contributed by atoms with Gasteiger partial charge in [0.25, 0.3) is 5.91 Å². The maximum Gasteiger partial charge on any atom is 0.322 e. The fraction of sp³-hybridized carbons (Fsp3) is 0.438. The first-order valence-electron chi connectivity index (χ1n) is 7.70. The maximum absolute atomic E-state index is 11.9. The molecule has 2 aliphatic rings. The molecule has 23 heavy (non-hydrogen) atoms. The lowest BCUT2D eigenvalue weighted by Crippen LogP contribution is -2.36. The first-order chi connectivity index (χ1) is 11.1. The molecule has 0 saturated carbocycles. The molecule has 7 nitrogen and oxygen atoms in total. The second-order valence-electron chi connectivity index (χ2n) is 5.85. The Kier molecular flexibility index (Phi) is 4.45. The molecule has 4 amide bonds. The molecule has 1 aromatic rings. The number of fused-ring (bicyclic) bond motifs is 1. The van der Waals surface area contributed by atoms with Crippen LogP contribution in [0.25, 0.3) is 0 Å². The van der Waals surface area contributed by atoms with Crippen LogP contribution >= 0.6 is 0 Å². The molecule has 0 aliphatic carbocycles. The first kappa shape index (κ1) is 15.3. The highest BCUT2D eigenvalue weighted by molar-refractivity contribution is 6.04. The number of nitrogens with one attached hydrogen (secondary N) is 3. The van der Waals surface area contributed by atoms with E-state index in [0.29, 0.717) is 19.6 Å². The Labute approximate surface area is 133 Å². The molecule has 1 saturated heterocycles. The van der Waals surface area contributed by atoms with E-state index in [1.807, 2.05) is 24.3 Å². The van der Waals surface area contributed by atoms with Gasteiger partial charge in [0.2, 0.25) is 5.91 Å². The van der Waals surface area contributed by atoms with Gasteiger partial charge in [0.15, 0.2) is 0 Å². The number of hydrogen-bond acceptors (Lipinski definition) is 4. The Morgan fingerprint density at radius 1 is 1.30 bits per heavy atom.